The van der Waals surface area contributed by atoms with Gasteiger partial charge in [0, 0.05) is 22.9 Å². The fourth-order valence-electron chi connectivity index (χ4n) is 3.86. The van der Waals surface area contributed by atoms with Gasteiger partial charge in [-0.2, -0.15) is 0 Å². The van der Waals surface area contributed by atoms with Crippen LogP contribution >= 0.6 is 23.4 Å². The number of aromatic nitrogens is 1. The Morgan fingerprint density at radius 2 is 1.94 bits per heavy atom. The first-order chi connectivity index (χ1) is 15.6. The van der Waals surface area contributed by atoms with Crippen LogP contribution in [-0.4, -0.2) is 10.1 Å². The number of ether oxygens (including phenoxy) is 2. The van der Waals surface area contributed by atoms with E-state index in [1.54, 1.807) is 6.92 Å². The normalized spacial score (nSPS) is 14.8. The first kappa shape index (κ1) is 20.9. The molecule has 160 valence electrons. The van der Waals surface area contributed by atoms with E-state index in [0.717, 1.165) is 39.0 Å². The molecule has 0 spiro atoms. The molecule has 4 nitrogen and oxygen atoms in total. The van der Waals surface area contributed by atoms with Gasteiger partial charge in [0.25, 0.3) is 0 Å². The molecule has 4 aromatic rings. The summed E-state index contributed by atoms with van der Waals surface area (Å²) in [5, 5.41) is 1.60. The lowest BCUT2D eigenvalue weighted by Crippen LogP contribution is -2.03. The Morgan fingerprint density at radius 1 is 1.09 bits per heavy atom. The molecule has 0 bridgehead atoms. The highest BCUT2D eigenvalue weighted by Crippen LogP contribution is 2.45. The number of carbonyl (C=O) groups excluding carboxylic acids is 1. The standard InChI is InChI=1S/C26H20ClNO3S/c1-16(29)32-26-22-5-3-2-4-18(22)14-31-25-11-10-21(13-23(25)26)30-15-20-9-7-17-6-8-19(27)12-24(17)28-20/h2-13,26H,14-15H2,1H3. The van der Waals surface area contributed by atoms with E-state index in [4.69, 9.17) is 21.1 Å². The molecule has 3 aromatic carbocycles. The van der Waals surface area contributed by atoms with Crippen molar-refractivity contribution in [3.8, 4) is 11.5 Å². The number of thioether (sulfide) groups is 1. The van der Waals surface area contributed by atoms with Gasteiger partial charge < -0.3 is 9.47 Å². The fraction of sp³-hybridized carbons (Fsp3) is 0.154. The van der Waals surface area contributed by atoms with E-state index in [1.807, 2.05) is 66.7 Å². The van der Waals surface area contributed by atoms with Crippen LogP contribution in [0.5, 0.6) is 11.5 Å². The van der Waals surface area contributed by atoms with Crippen molar-refractivity contribution in [2.24, 2.45) is 0 Å². The first-order valence-electron chi connectivity index (χ1n) is 10.3. The highest BCUT2D eigenvalue weighted by molar-refractivity contribution is 8.13. The SMILES string of the molecule is CC(=O)SC1c2ccccc2COc2ccc(OCc3ccc4ccc(Cl)cc4n3)cc21. The van der Waals surface area contributed by atoms with E-state index >= 15 is 0 Å². The molecule has 1 aliphatic heterocycles. The lowest BCUT2D eigenvalue weighted by molar-refractivity contribution is -0.109. The Morgan fingerprint density at radius 3 is 2.81 bits per heavy atom. The summed E-state index contributed by atoms with van der Waals surface area (Å²) < 4.78 is 12.1. The van der Waals surface area contributed by atoms with Crippen LogP contribution in [0.1, 0.15) is 34.6 Å². The van der Waals surface area contributed by atoms with Gasteiger partial charge in [0.15, 0.2) is 5.12 Å². The van der Waals surface area contributed by atoms with Crippen LogP contribution in [0, 0.1) is 0 Å². The predicted octanol–water partition coefficient (Wildman–Crippen LogP) is 6.73. The lowest BCUT2D eigenvalue weighted by atomic mass is 10.00. The summed E-state index contributed by atoms with van der Waals surface area (Å²) in [5.74, 6) is 1.47. The fourth-order valence-corrected chi connectivity index (χ4v) is 5.03. The molecule has 32 heavy (non-hydrogen) atoms. The quantitative estimate of drug-likeness (QED) is 0.337. The number of benzene rings is 3. The molecule has 6 heteroatoms. The Hall–Kier alpha value is -3.02. The molecular weight excluding hydrogens is 442 g/mol. The zero-order valence-electron chi connectivity index (χ0n) is 17.4. The van der Waals surface area contributed by atoms with Crippen LogP contribution in [0.4, 0.5) is 0 Å². The molecule has 0 aliphatic carbocycles. The molecule has 2 heterocycles. The molecular formula is C26H20ClNO3S. The maximum Gasteiger partial charge on any atom is 0.186 e. The van der Waals surface area contributed by atoms with Gasteiger partial charge in [-0.15, -0.1) is 0 Å². The van der Waals surface area contributed by atoms with E-state index in [2.05, 4.69) is 11.1 Å². The third-order valence-corrected chi connectivity index (χ3v) is 6.68. The number of hydrogen-bond acceptors (Lipinski definition) is 5. The van der Waals surface area contributed by atoms with Gasteiger partial charge in [0.1, 0.15) is 24.7 Å². The molecule has 1 atom stereocenters. The third kappa shape index (κ3) is 4.31. The van der Waals surface area contributed by atoms with Crippen molar-refractivity contribution < 1.29 is 14.3 Å². The largest absolute Gasteiger partial charge is 0.489 e. The average Bonchev–Trinajstić information content (AvgIpc) is 2.94. The van der Waals surface area contributed by atoms with Gasteiger partial charge in [-0.1, -0.05) is 59.8 Å². The summed E-state index contributed by atoms with van der Waals surface area (Å²) in [6.07, 6.45) is 0. The number of hydrogen-bond donors (Lipinski definition) is 0. The zero-order valence-corrected chi connectivity index (χ0v) is 19.0. The molecule has 1 aliphatic rings. The van der Waals surface area contributed by atoms with Gasteiger partial charge in [0.2, 0.25) is 0 Å². The van der Waals surface area contributed by atoms with E-state index in [9.17, 15) is 4.79 Å². The molecule has 0 N–H and O–H groups in total. The van der Waals surface area contributed by atoms with E-state index < -0.39 is 0 Å². The van der Waals surface area contributed by atoms with E-state index in [-0.39, 0.29) is 10.4 Å². The van der Waals surface area contributed by atoms with E-state index in [0.29, 0.717) is 24.0 Å². The summed E-state index contributed by atoms with van der Waals surface area (Å²) in [4.78, 5) is 16.7. The minimum atomic E-state index is -0.148. The lowest BCUT2D eigenvalue weighted by Gasteiger charge is -2.18. The van der Waals surface area contributed by atoms with Crippen LogP contribution in [0.3, 0.4) is 0 Å². The molecule has 1 aromatic heterocycles. The van der Waals surface area contributed by atoms with Crippen molar-refractivity contribution in [3.63, 3.8) is 0 Å². The Labute approximate surface area is 195 Å². The first-order valence-corrected chi connectivity index (χ1v) is 11.5. The Bertz CT molecular complexity index is 1320. The van der Waals surface area contributed by atoms with Crippen molar-refractivity contribution in [1.29, 1.82) is 0 Å². The minimum absolute atomic E-state index is 0.0583. The second-order valence-corrected chi connectivity index (χ2v) is 9.32. The molecule has 0 radical (unpaired) electrons. The van der Waals surface area contributed by atoms with Crippen molar-refractivity contribution in [1.82, 2.24) is 4.98 Å². The summed E-state index contributed by atoms with van der Waals surface area (Å²) in [6.45, 7) is 2.39. The van der Waals surface area contributed by atoms with Crippen molar-refractivity contribution >= 4 is 39.4 Å². The number of rotatable bonds is 4. The number of fused-ring (bicyclic) bond motifs is 3. The Kier molecular flexibility index (Phi) is 5.77. The topological polar surface area (TPSA) is 48.4 Å². The molecule has 0 saturated heterocycles. The van der Waals surface area contributed by atoms with Gasteiger partial charge >= 0.3 is 0 Å². The monoisotopic (exact) mass is 461 g/mol. The van der Waals surface area contributed by atoms with Crippen LogP contribution in [0.25, 0.3) is 10.9 Å². The minimum Gasteiger partial charge on any atom is -0.489 e. The molecule has 0 saturated carbocycles. The van der Waals surface area contributed by atoms with Gasteiger partial charge in [-0.25, -0.2) is 4.98 Å². The second-order valence-electron chi connectivity index (χ2n) is 7.60. The van der Waals surface area contributed by atoms with Crippen molar-refractivity contribution in [2.75, 3.05) is 0 Å². The number of carbonyl (C=O) groups is 1. The molecule has 5 rings (SSSR count). The van der Waals surface area contributed by atoms with Crippen molar-refractivity contribution in [3.05, 3.63) is 100 Å². The summed E-state index contributed by atoms with van der Waals surface area (Å²) in [5.41, 5.74) is 4.76. The number of pyridine rings is 1. The van der Waals surface area contributed by atoms with Crippen molar-refractivity contribution in [2.45, 2.75) is 25.4 Å². The summed E-state index contributed by atoms with van der Waals surface area (Å²) in [6, 6.07) is 23.5. The maximum absolute atomic E-state index is 12.0. The molecule has 0 fully saturated rings. The third-order valence-electron chi connectivity index (χ3n) is 5.37. The predicted molar refractivity (Wildman–Crippen MR) is 128 cm³/mol. The number of nitrogens with zero attached hydrogens (tertiary/aromatic N) is 1. The van der Waals surface area contributed by atoms with Crippen LogP contribution in [0.2, 0.25) is 5.02 Å². The molecule has 1 unspecified atom stereocenters. The summed E-state index contributed by atoms with van der Waals surface area (Å²) >= 11 is 7.40. The number of halogens is 1. The van der Waals surface area contributed by atoms with Gasteiger partial charge in [-0.05, 0) is 47.5 Å². The Balaban J connectivity index is 1.44. The van der Waals surface area contributed by atoms with Crippen LogP contribution < -0.4 is 9.47 Å². The van der Waals surface area contributed by atoms with Crippen LogP contribution in [0.15, 0.2) is 72.8 Å². The second kappa shape index (κ2) is 8.85. The zero-order chi connectivity index (χ0) is 22.1. The van der Waals surface area contributed by atoms with E-state index in [1.165, 1.54) is 11.8 Å². The highest BCUT2D eigenvalue weighted by atomic mass is 35.5. The highest BCUT2D eigenvalue weighted by Gasteiger charge is 2.27. The smallest absolute Gasteiger partial charge is 0.186 e. The summed E-state index contributed by atoms with van der Waals surface area (Å²) in [7, 11) is 0. The average molecular weight is 462 g/mol. The van der Waals surface area contributed by atoms with Gasteiger partial charge in [-0.3, -0.25) is 4.79 Å². The van der Waals surface area contributed by atoms with Gasteiger partial charge in [0.05, 0.1) is 16.5 Å². The maximum atomic E-state index is 12.0. The molecule has 0 amide bonds. The van der Waals surface area contributed by atoms with Crippen LogP contribution in [-0.2, 0) is 18.0 Å².